The molecule has 0 heterocycles. The first-order valence-corrected chi connectivity index (χ1v) is 4.83. The Hall–Kier alpha value is -0.820. The van der Waals surface area contributed by atoms with Crippen LogP contribution < -0.4 is 0 Å². The van der Waals surface area contributed by atoms with Crippen molar-refractivity contribution in [3.63, 3.8) is 0 Å². The van der Waals surface area contributed by atoms with Crippen molar-refractivity contribution < 1.29 is 4.79 Å². The summed E-state index contributed by atoms with van der Waals surface area (Å²) >= 11 is 5.75. The van der Waals surface area contributed by atoms with Crippen LogP contribution >= 0.6 is 11.6 Å². The fourth-order valence-electron chi connectivity index (χ4n) is 1.21. The summed E-state index contributed by atoms with van der Waals surface area (Å²) in [7, 11) is 0. The molecule has 1 aromatic carbocycles. The minimum Gasteiger partial charge on any atom is -0.303 e. The van der Waals surface area contributed by atoms with Gasteiger partial charge in [-0.25, -0.2) is 0 Å². The largest absolute Gasteiger partial charge is 0.303 e. The second-order valence-electron chi connectivity index (χ2n) is 3.14. The fraction of sp³-hybridized carbons (Fsp3) is 0.364. The van der Waals surface area contributed by atoms with Gasteiger partial charge in [-0.05, 0) is 30.5 Å². The third kappa shape index (κ3) is 3.19. The predicted octanol–water partition coefficient (Wildman–Crippen LogP) is 3.11. The summed E-state index contributed by atoms with van der Waals surface area (Å²) in [5.41, 5.74) is 1.17. The zero-order chi connectivity index (χ0) is 9.68. The lowest BCUT2D eigenvalue weighted by Gasteiger charge is -2.06. The molecule has 0 spiro atoms. The maximum atomic E-state index is 10.6. The molecule has 0 aromatic heterocycles. The van der Waals surface area contributed by atoms with E-state index in [1.807, 2.05) is 31.2 Å². The Kier molecular flexibility index (Phi) is 3.97. The number of benzene rings is 1. The molecule has 0 N–H and O–H groups in total. The normalized spacial score (nSPS) is 12.5. The minimum absolute atomic E-state index is 0.140. The summed E-state index contributed by atoms with van der Waals surface area (Å²) in [6, 6.07) is 7.64. The predicted molar refractivity (Wildman–Crippen MR) is 55.0 cm³/mol. The molecule has 1 rings (SSSR count). The van der Waals surface area contributed by atoms with Crippen molar-refractivity contribution in [2.45, 2.75) is 19.8 Å². The standard InChI is InChI=1S/C11H13ClO/c1-2-9(8-13)7-10-3-5-11(12)6-4-10/h3-6,8-9H,2,7H2,1H3/t9-/m1/s1. The van der Waals surface area contributed by atoms with E-state index in [4.69, 9.17) is 11.6 Å². The molecule has 0 fully saturated rings. The van der Waals surface area contributed by atoms with Gasteiger partial charge in [-0.1, -0.05) is 30.7 Å². The highest BCUT2D eigenvalue weighted by molar-refractivity contribution is 6.30. The molecule has 0 radical (unpaired) electrons. The topological polar surface area (TPSA) is 17.1 Å². The van der Waals surface area contributed by atoms with Crippen LogP contribution in [0.2, 0.25) is 5.02 Å². The third-order valence-electron chi connectivity index (χ3n) is 2.13. The van der Waals surface area contributed by atoms with Crippen molar-refractivity contribution in [1.82, 2.24) is 0 Å². The van der Waals surface area contributed by atoms with E-state index >= 15 is 0 Å². The van der Waals surface area contributed by atoms with Crippen LogP contribution in [0.25, 0.3) is 0 Å². The second-order valence-corrected chi connectivity index (χ2v) is 3.57. The Balaban J connectivity index is 2.63. The van der Waals surface area contributed by atoms with Crippen LogP contribution in [0.3, 0.4) is 0 Å². The van der Waals surface area contributed by atoms with Gasteiger partial charge in [0.1, 0.15) is 6.29 Å². The molecular formula is C11H13ClO. The smallest absolute Gasteiger partial charge is 0.123 e. The molecule has 1 nitrogen and oxygen atoms in total. The summed E-state index contributed by atoms with van der Waals surface area (Å²) in [4.78, 5) is 10.6. The van der Waals surface area contributed by atoms with Crippen molar-refractivity contribution in [3.8, 4) is 0 Å². The van der Waals surface area contributed by atoms with E-state index in [2.05, 4.69) is 0 Å². The first-order chi connectivity index (χ1) is 6.26. The number of rotatable bonds is 4. The van der Waals surface area contributed by atoms with Gasteiger partial charge in [0, 0.05) is 10.9 Å². The van der Waals surface area contributed by atoms with E-state index in [0.717, 1.165) is 24.2 Å². The van der Waals surface area contributed by atoms with Gasteiger partial charge in [-0.15, -0.1) is 0 Å². The van der Waals surface area contributed by atoms with E-state index in [1.165, 1.54) is 5.56 Å². The Bertz CT molecular complexity index is 266. The zero-order valence-corrected chi connectivity index (χ0v) is 8.42. The molecule has 1 aromatic rings. The minimum atomic E-state index is 0.140. The van der Waals surface area contributed by atoms with Crippen molar-refractivity contribution in [1.29, 1.82) is 0 Å². The van der Waals surface area contributed by atoms with Crippen LogP contribution in [-0.2, 0) is 11.2 Å². The van der Waals surface area contributed by atoms with Gasteiger partial charge in [0.15, 0.2) is 0 Å². The summed E-state index contributed by atoms with van der Waals surface area (Å²) in [5, 5.41) is 0.739. The lowest BCUT2D eigenvalue weighted by atomic mass is 9.99. The summed E-state index contributed by atoms with van der Waals surface area (Å²) in [6.07, 6.45) is 2.73. The summed E-state index contributed by atoms with van der Waals surface area (Å²) < 4.78 is 0. The molecule has 0 saturated heterocycles. The van der Waals surface area contributed by atoms with E-state index in [9.17, 15) is 4.79 Å². The van der Waals surface area contributed by atoms with Gasteiger partial charge in [-0.3, -0.25) is 0 Å². The average molecular weight is 197 g/mol. The van der Waals surface area contributed by atoms with Gasteiger partial charge in [0.2, 0.25) is 0 Å². The van der Waals surface area contributed by atoms with Crippen LogP contribution in [0.1, 0.15) is 18.9 Å². The molecule has 70 valence electrons. The number of carbonyl (C=O) groups is 1. The molecule has 0 saturated carbocycles. The molecule has 13 heavy (non-hydrogen) atoms. The highest BCUT2D eigenvalue weighted by Crippen LogP contribution is 2.13. The Morgan fingerprint density at radius 1 is 1.38 bits per heavy atom. The first kappa shape index (κ1) is 10.3. The Morgan fingerprint density at radius 3 is 2.46 bits per heavy atom. The molecule has 0 aliphatic heterocycles. The molecule has 0 bridgehead atoms. The number of halogens is 1. The molecule has 1 atom stereocenters. The van der Waals surface area contributed by atoms with Crippen LogP contribution in [0.4, 0.5) is 0 Å². The summed E-state index contributed by atoms with van der Waals surface area (Å²) in [5.74, 6) is 0.140. The van der Waals surface area contributed by atoms with E-state index in [-0.39, 0.29) is 5.92 Å². The van der Waals surface area contributed by atoms with Crippen molar-refractivity contribution in [2.24, 2.45) is 5.92 Å². The highest BCUT2D eigenvalue weighted by atomic mass is 35.5. The molecular weight excluding hydrogens is 184 g/mol. The van der Waals surface area contributed by atoms with Gasteiger partial charge in [0.05, 0.1) is 0 Å². The first-order valence-electron chi connectivity index (χ1n) is 4.46. The third-order valence-corrected chi connectivity index (χ3v) is 2.38. The molecule has 0 aliphatic carbocycles. The van der Waals surface area contributed by atoms with Gasteiger partial charge >= 0.3 is 0 Å². The quantitative estimate of drug-likeness (QED) is 0.677. The summed E-state index contributed by atoms with van der Waals surface area (Å²) in [6.45, 7) is 2.02. The van der Waals surface area contributed by atoms with Gasteiger partial charge in [0.25, 0.3) is 0 Å². The lowest BCUT2D eigenvalue weighted by molar-refractivity contribution is -0.111. The number of hydrogen-bond donors (Lipinski definition) is 0. The molecule has 2 heteroatoms. The maximum Gasteiger partial charge on any atom is 0.123 e. The van der Waals surface area contributed by atoms with Crippen LogP contribution in [-0.4, -0.2) is 6.29 Å². The Morgan fingerprint density at radius 2 is 2.00 bits per heavy atom. The van der Waals surface area contributed by atoms with Crippen molar-refractivity contribution in [3.05, 3.63) is 34.9 Å². The molecule has 0 unspecified atom stereocenters. The number of aldehydes is 1. The van der Waals surface area contributed by atoms with Crippen LogP contribution in [0.5, 0.6) is 0 Å². The number of hydrogen-bond acceptors (Lipinski definition) is 1. The highest BCUT2D eigenvalue weighted by Gasteiger charge is 2.04. The van der Waals surface area contributed by atoms with Crippen molar-refractivity contribution in [2.75, 3.05) is 0 Å². The second kappa shape index (κ2) is 5.03. The van der Waals surface area contributed by atoms with Gasteiger partial charge < -0.3 is 4.79 Å². The Labute approximate surface area is 83.7 Å². The van der Waals surface area contributed by atoms with Gasteiger partial charge in [-0.2, -0.15) is 0 Å². The SMILES string of the molecule is CC[C@@H](C=O)Cc1ccc(Cl)cc1. The van der Waals surface area contributed by atoms with Crippen LogP contribution in [0.15, 0.2) is 24.3 Å². The monoisotopic (exact) mass is 196 g/mol. The van der Waals surface area contributed by atoms with E-state index in [0.29, 0.717) is 0 Å². The maximum absolute atomic E-state index is 10.6. The molecule has 0 amide bonds. The zero-order valence-electron chi connectivity index (χ0n) is 7.66. The average Bonchev–Trinajstić information content (AvgIpc) is 2.17. The fourth-order valence-corrected chi connectivity index (χ4v) is 1.34. The van der Waals surface area contributed by atoms with Crippen LogP contribution in [0, 0.1) is 5.92 Å². The number of carbonyl (C=O) groups excluding carboxylic acids is 1. The van der Waals surface area contributed by atoms with E-state index in [1.54, 1.807) is 0 Å². The van der Waals surface area contributed by atoms with Crippen molar-refractivity contribution >= 4 is 17.9 Å². The lowest BCUT2D eigenvalue weighted by Crippen LogP contribution is -2.03. The molecule has 0 aliphatic rings. The van der Waals surface area contributed by atoms with E-state index < -0.39 is 0 Å².